The van der Waals surface area contributed by atoms with E-state index in [9.17, 15) is 9.59 Å². The van der Waals surface area contributed by atoms with Crippen molar-refractivity contribution in [1.82, 2.24) is 0 Å². The van der Waals surface area contributed by atoms with Crippen LogP contribution in [0.3, 0.4) is 0 Å². The van der Waals surface area contributed by atoms with E-state index < -0.39 is 0 Å². The van der Waals surface area contributed by atoms with Gasteiger partial charge in [-0.05, 0) is 24.7 Å². The number of hydrogen-bond donors (Lipinski definition) is 0. The molecule has 0 saturated heterocycles. The minimum absolute atomic E-state index is 0.101. The average molecular weight is 164 g/mol. The molecule has 12 heavy (non-hydrogen) atoms. The normalized spacial score (nSPS) is 44.3. The van der Waals surface area contributed by atoms with E-state index in [0.29, 0.717) is 11.8 Å². The molecule has 0 heterocycles. The van der Waals surface area contributed by atoms with Gasteiger partial charge in [0.2, 0.25) is 0 Å². The zero-order valence-electron chi connectivity index (χ0n) is 6.85. The first-order valence-electron chi connectivity index (χ1n) is 4.44. The van der Waals surface area contributed by atoms with Crippen LogP contribution in [0.4, 0.5) is 0 Å². The van der Waals surface area contributed by atoms with Gasteiger partial charge in [-0.15, -0.1) is 0 Å². The largest absolute Gasteiger partial charge is 0.303 e. The molecule has 0 radical (unpaired) electrons. The highest BCUT2D eigenvalue weighted by Gasteiger charge is 2.42. The van der Waals surface area contributed by atoms with Crippen LogP contribution in [0, 0.1) is 23.7 Å². The van der Waals surface area contributed by atoms with Crippen molar-refractivity contribution in [2.45, 2.75) is 12.8 Å². The van der Waals surface area contributed by atoms with Crippen molar-refractivity contribution < 1.29 is 9.59 Å². The Labute approximate surface area is 71.6 Å². The highest BCUT2D eigenvalue weighted by atomic mass is 16.1. The van der Waals surface area contributed by atoms with Crippen LogP contribution in [-0.4, -0.2) is 12.6 Å². The number of allylic oxidation sites excluding steroid dienone is 2. The first-order valence-corrected chi connectivity index (χ1v) is 4.44. The molecule has 2 rings (SSSR count). The van der Waals surface area contributed by atoms with Gasteiger partial charge in [0, 0.05) is 11.8 Å². The topological polar surface area (TPSA) is 34.1 Å². The van der Waals surface area contributed by atoms with Crippen molar-refractivity contribution >= 4 is 12.6 Å². The number of fused-ring (bicyclic) bond motifs is 1. The van der Waals surface area contributed by atoms with Crippen LogP contribution in [0.25, 0.3) is 0 Å². The third kappa shape index (κ3) is 0.942. The van der Waals surface area contributed by atoms with Gasteiger partial charge in [-0.2, -0.15) is 0 Å². The second kappa shape index (κ2) is 2.85. The molecule has 0 spiro atoms. The summed E-state index contributed by atoms with van der Waals surface area (Å²) >= 11 is 0. The van der Waals surface area contributed by atoms with Crippen LogP contribution in [0.2, 0.25) is 0 Å². The molecule has 2 heteroatoms. The number of rotatable bonds is 2. The molecular weight excluding hydrogens is 152 g/mol. The van der Waals surface area contributed by atoms with Gasteiger partial charge in [-0.25, -0.2) is 0 Å². The summed E-state index contributed by atoms with van der Waals surface area (Å²) in [4.78, 5) is 21.3. The molecule has 2 aliphatic carbocycles. The zero-order valence-corrected chi connectivity index (χ0v) is 6.85. The SMILES string of the molecule is O=C[C@@H]1C[C@H](C=O)[C@@H]2CC=C[C@@H]21. The van der Waals surface area contributed by atoms with Crippen molar-refractivity contribution in [2.75, 3.05) is 0 Å². The Morgan fingerprint density at radius 2 is 1.92 bits per heavy atom. The summed E-state index contributed by atoms with van der Waals surface area (Å²) in [6.07, 6.45) is 7.99. The summed E-state index contributed by atoms with van der Waals surface area (Å²) in [5, 5.41) is 0. The Morgan fingerprint density at radius 1 is 1.17 bits per heavy atom. The lowest BCUT2D eigenvalue weighted by Gasteiger charge is -2.12. The summed E-state index contributed by atoms with van der Waals surface area (Å²) in [5.41, 5.74) is 0. The first-order chi connectivity index (χ1) is 5.86. The molecule has 0 N–H and O–H groups in total. The molecule has 1 fully saturated rings. The van der Waals surface area contributed by atoms with Crippen LogP contribution in [0.15, 0.2) is 12.2 Å². The van der Waals surface area contributed by atoms with Crippen molar-refractivity contribution in [2.24, 2.45) is 23.7 Å². The second-order valence-corrected chi connectivity index (χ2v) is 3.74. The maximum absolute atomic E-state index is 10.7. The smallest absolute Gasteiger partial charge is 0.123 e. The number of aldehydes is 2. The van der Waals surface area contributed by atoms with Gasteiger partial charge >= 0.3 is 0 Å². The van der Waals surface area contributed by atoms with E-state index in [1.54, 1.807) is 0 Å². The molecule has 1 saturated carbocycles. The van der Waals surface area contributed by atoms with Gasteiger partial charge in [-0.1, -0.05) is 12.2 Å². The standard InChI is InChI=1S/C10H12O2/c11-5-7-4-8(6-12)10-3-1-2-9(7)10/h1-2,5-10H,3-4H2/t7-,8+,9+,10-/m0/s1. The predicted octanol–water partition coefficient (Wildman–Crippen LogP) is 1.21. The van der Waals surface area contributed by atoms with Gasteiger partial charge in [0.25, 0.3) is 0 Å². The van der Waals surface area contributed by atoms with Crippen LogP contribution < -0.4 is 0 Å². The minimum atomic E-state index is 0.101. The van der Waals surface area contributed by atoms with Gasteiger partial charge < -0.3 is 9.59 Å². The Balaban J connectivity index is 2.19. The van der Waals surface area contributed by atoms with Gasteiger partial charge in [0.1, 0.15) is 12.6 Å². The predicted molar refractivity (Wildman–Crippen MR) is 44.5 cm³/mol. The molecule has 64 valence electrons. The Morgan fingerprint density at radius 3 is 2.58 bits per heavy atom. The Hall–Kier alpha value is -0.920. The molecular formula is C10H12O2. The molecule has 2 nitrogen and oxygen atoms in total. The van der Waals surface area contributed by atoms with E-state index in [2.05, 4.69) is 12.2 Å². The molecule has 0 aliphatic heterocycles. The Kier molecular flexibility index (Phi) is 1.83. The number of hydrogen-bond acceptors (Lipinski definition) is 2. The molecule has 2 aliphatic rings. The fourth-order valence-corrected chi connectivity index (χ4v) is 2.56. The van der Waals surface area contributed by atoms with Gasteiger partial charge in [0.05, 0.1) is 0 Å². The third-order valence-corrected chi connectivity index (χ3v) is 3.20. The van der Waals surface area contributed by atoms with Crippen molar-refractivity contribution in [1.29, 1.82) is 0 Å². The maximum Gasteiger partial charge on any atom is 0.123 e. The summed E-state index contributed by atoms with van der Waals surface area (Å²) in [6, 6.07) is 0. The average Bonchev–Trinajstić information content (AvgIpc) is 2.63. The summed E-state index contributed by atoms with van der Waals surface area (Å²) < 4.78 is 0. The van der Waals surface area contributed by atoms with Crippen LogP contribution in [0.1, 0.15) is 12.8 Å². The van der Waals surface area contributed by atoms with E-state index in [1.165, 1.54) is 0 Å². The van der Waals surface area contributed by atoms with E-state index in [-0.39, 0.29) is 11.8 Å². The molecule has 0 aromatic rings. The molecule has 4 atom stereocenters. The molecule has 0 amide bonds. The van der Waals surface area contributed by atoms with Crippen LogP contribution in [-0.2, 0) is 9.59 Å². The summed E-state index contributed by atoms with van der Waals surface area (Å²) in [6.45, 7) is 0. The van der Waals surface area contributed by atoms with E-state index in [0.717, 1.165) is 25.4 Å². The minimum Gasteiger partial charge on any atom is -0.303 e. The number of carbonyl (C=O) groups excluding carboxylic acids is 2. The van der Waals surface area contributed by atoms with Crippen molar-refractivity contribution in [3.05, 3.63) is 12.2 Å². The van der Waals surface area contributed by atoms with E-state index >= 15 is 0 Å². The van der Waals surface area contributed by atoms with Crippen LogP contribution in [0.5, 0.6) is 0 Å². The number of carbonyl (C=O) groups is 2. The van der Waals surface area contributed by atoms with Gasteiger partial charge in [0.15, 0.2) is 0 Å². The first kappa shape index (κ1) is 7.71. The quantitative estimate of drug-likeness (QED) is 0.454. The fourth-order valence-electron chi connectivity index (χ4n) is 2.56. The van der Waals surface area contributed by atoms with E-state index in [4.69, 9.17) is 0 Å². The van der Waals surface area contributed by atoms with E-state index in [1.807, 2.05) is 0 Å². The lowest BCUT2D eigenvalue weighted by Crippen LogP contribution is -2.12. The monoisotopic (exact) mass is 164 g/mol. The second-order valence-electron chi connectivity index (χ2n) is 3.74. The third-order valence-electron chi connectivity index (χ3n) is 3.20. The molecule has 0 aromatic heterocycles. The highest BCUT2D eigenvalue weighted by molar-refractivity contribution is 5.62. The summed E-state index contributed by atoms with van der Waals surface area (Å²) in [7, 11) is 0. The molecule has 0 unspecified atom stereocenters. The molecule has 0 bridgehead atoms. The van der Waals surface area contributed by atoms with Gasteiger partial charge in [-0.3, -0.25) is 0 Å². The van der Waals surface area contributed by atoms with Crippen molar-refractivity contribution in [3.63, 3.8) is 0 Å². The maximum atomic E-state index is 10.7. The van der Waals surface area contributed by atoms with Crippen molar-refractivity contribution in [3.8, 4) is 0 Å². The zero-order chi connectivity index (χ0) is 8.55. The fraction of sp³-hybridized carbons (Fsp3) is 0.600. The summed E-state index contributed by atoms with van der Waals surface area (Å²) in [5.74, 6) is 1.01. The highest BCUT2D eigenvalue weighted by Crippen LogP contribution is 2.45. The van der Waals surface area contributed by atoms with Crippen LogP contribution >= 0.6 is 0 Å². The molecule has 0 aromatic carbocycles. The lowest BCUT2D eigenvalue weighted by molar-refractivity contribution is -0.112. The Bertz CT molecular complexity index is 232. The lowest BCUT2D eigenvalue weighted by atomic mass is 9.91.